The van der Waals surface area contributed by atoms with Gasteiger partial charge < -0.3 is 9.84 Å². The molecule has 4 heteroatoms. The number of hydrogen-bond acceptors (Lipinski definition) is 3. The van der Waals surface area contributed by atoms with Crippen LogP contribution < -0.4 is 4.74 Å². The number of hydrogen-bond donors (Lipinski definition) is 1. The van der Waals surface area contributed by atoms with Gasteiger partial charge in [-0.25, -0.2) is 0 Å². The summed E-state index contributed by atoms with van der Waals surface area (Å²) in [4.78, 5) is 12.8. The molecular formula is C16H25NO3. The van der Waals surface area contributed by atoms with Crippen LogP contribution in [-0.4, -0.2) is 42.2 Å². The SMILES string of the molecule is CCCCN(CCOc1cccc(C)c1)CCC(=O)O. The highest BCUT2D eigenvalue weighted by Crippen LogP contribution is 2.12. The zero-order valence-corrected chi connectivity index (χ0v) is 12.5. The van der Waals surface area contributed by atoms with E-state index in [4.69, 9.17) is 9.84 Å². The predicted octanol–water partition coefficient (Wildman–Crippen LogP) is 2.95. The molecule has 0 atom stereocenters. The van der Waals surface area contributed by atoms with Crippen molar-refractivity contribution in [2.75, 3.05) is 26.2 Å². The molecule has 0 aliphatic heterocycles. The second-order valence-electron chi connectivity index (χ2n) is 5.00. The fourth-order valence-electron chi connectivity index (χ4n) is 1.97. The minimum Gasteiger partial charge on any atom is -0.492 e. The van der Waals surface area contributed by atoms with Crippen LogP contribution in [0, 0.1) is 6.92 Å². The smallest absolute Gasteiger partial charge is 0.304 e. The van der Waals surface area contributed by atoms with E-state index < -0.39 is 5.97 Å². The molecule has 1 aromatic carbocycles. The molecule has 0 aliphatic rings. The Labute approximate surface area is 121 Å². The second-order valence-corrected chi connectivity index (χ2v) is 5.00. The second kappa shape index (κ2) is 9.37. The number of aliphatic carboxylic acids is 1. The summed E-state index contributed by atoms with van der Waals surface area (Å²) < 4.78 is 5.72. The maximum atomic E-state index is 10.7. The maximum Gasteiger partial charge on any atom is 0.304 e. The van der Waals surface area contributed by atoms with Crippen molar-refractivity contribution in [2.24, 2.45) is 0 Å². The van der Waals surface area contributed by atoms with Crippen LogP contribution >= 0.6 is 0 Å². The van der Waals surface area contributed by atoms with E-state index in [0.29, 0.717) is 13.2 Å². The number of benzene rings is 1. The summed E-state index contributed by atoms with van der Waals surface area (Å²) in [6.45, 7) is 7.05. The van der Waals surface area contributed by atoms with Gasteiger partial charge >= 0.3 is 5.97 Å². The summed E-state index contributed by atoms with van der Waals surface area (Å²) in [6, 6.07) is 7.96. The van der Waals surface area contributed by atoms with E-state index in [1.54, 1.807) is 0 Å². The molecule has 1 aromatic rings. The third-order valence-electron chi connectivity index (χ3n) is 3.14. The lowest BCUT2D eigenvalue weighted by Gasteiger charge is -2.21. The van der Waals surface area contributed by atoms with E-state index in [9.17, 15) is 4.79 Å². The van der Waals surface area contributed by atoms with Crippen LogP contribution in [0.25, 0.3) is 0 Å². The van der Waals surface area contributed by atoms with Crippen molar-refractivity contribution < 1.29 is 14.6 Å². The van der Waals surface area contributed by atoms with Gasteiger partial charge in [-0.2, -0.15) is 0 Å². The number of ether oxygens (including phenoxy) is 1. The van der Waals surface area contributed by atoms with Crippen molar-refractivity contribution in [3.05, 3.63) is 29.8 Å². The third kappa shape index (κ3) is 7.14. The van der Waals surface area contributed by atoms with Crippen LogP contribution in [-0.2, 0) is 4.79 Å². The van der Waals surface area contributed by atoms with Crippen molar-refractivity contribution in [3.8, 4) is 5.75 Å². The molecule has 112 valence electrons. The molecule has 0 fully saturated rings. The summed E-state index contributed by atoms with van der Waals surface area (Å²) in [7, 11) is 0. The molecule has 1 N–H and O–H groups in total. The highest BCUT2D eigenvalue weighted by molar-refractivity contribution is 5.66. The van der Waals surface area contributed by atoms with E-state index in [-0.39, 0.29) is 6.42 Å². The standard InChI is InChI=1S/C16H25NO3/c1-3-4-9-17(10-8-16(18)19)11-12-20-15-7-5-6-14(2)13-15/h5-7,13H,3-4,8-12H2,1-2H3,(H,18,19). The fourth-order valence-corrected chi connectivity index (χ4v) is 1.97. The number of aryl methyl sites for hydroxylation is 1. The lowest BCUT2D eigenvalue weighted by molar-refractivity contribution is -0.137. The average molecular weight is 279 g/mol. The molecule has 0 spiro atoms. The number of nitrogens with zero attached hydrogens (tertiary/aromatic N) is 1. The number of rotatable bonds is 10. The summed E-state index contributed by atoms with van der Waals surface area (Å²) >= 11 is 0. The molecule has 0 radical (unpaired) electrons. The first-order valence-corrected chi connectivity index (χ1v) is 7.25. The highest BCUT2D eigenvalue weighted by atomic mass is 16.5. The van der Waals surface area contributed by atoms with Crippen molar-refractivity contribution in [1.29, 1.82) is 0 Å². The Morgan fingerprint density at radius 1 is 1.30 bits per heavy atom. The molecule has 0 saturated heterocycles. The van der Waals surface area contributed by atoms with Gasteiger partial charge in [0.15, 0.2) is 0 Å². The molecule has 0 aliphatic carbocycles. The quantitative estimate of drug-likeness (QED) is 0.715. The minimum atomic E-state index is -0.744. The summed E-state index contributed by atoms with van der Waals surface area (Å²) in [6.07, 6.45) is 2.39. The number of unbranched alkanes of at least 4 members (excludes halogenated alkanes) is 1. The van der Waals surface area contributed by atoms with Gasteiger partial charge in [-0.1, -0.05) is 25.5 Å². The lowest BCUT2D eigenvalue weighted by Crippen LogP contribution is -2.31. The van der Waals surface area contributed by atoms with Crippen molar-refractivity contribution in [2.45, 2.75) is 33.1 Å². The largest absolute Gasteiger partial charge is 0.492 e. The average Bonchev–Trinajstić information content (AvgIpc) is 2.41. The van der Waals surface area contributed by atoms with Gasteiger partial charge in [0, 0.05) is 13.1 Å². The zero-order valence-electron chi connectivity index (χ0n) is 12.5. The molecule has 0 saturated carbocycles. The first-order valence-electron chi connectivity index (χ1n) is 7.25. The van der Waals surface area contributed by atoms with Gasteiger partial charge in [-0.15, -0.1) is 0 Å². The first kappa shape index (κ1) is 16.5. The minimum absolute atomic E-state index is 0.189. The van der Waals surface area contributed by atoms with Crippen LogP contribution in [0.3, 0.4) is 0 Å². The number of carboxylic acids is 1. The Bertz CT molecular complexity index is 406. The van der Waals surface area contributed by atoms with Crippen molar-refractivity contribution >= 4 is 5.97 Å². The molecule has 0 bridgehead atoms. The monoisotopic (exact) mass is 279 g/mol. The third-order valence-corrected chi connectivity index (χ3v) is 3.14. The van der Waals surface area contributed by atoms with Crippen molar-refractivity contribution in [3.63, 3.8) is 0 Å². The van der Waals surface area contributed by atoms with Crippen LogP contribution in [0.15, 0.2) is 24.3 Å². The van der Waals surface area contributed by atoms with Gasteiger partial charge in [0.05, 0.1) is 6.42 Å². The molecule has 1 rings (SSSR count). The molecule has 0 unspecified atom stereocenters. The molecule has 4 nitrogen and oxygen atoms in total. The highest BCUT2D eigenvalue weighted by Gasteiger charge is 2.07. The van der Waals surface area contributed by atoms with Gasteiger partial charge in [0.1, 0.15) is 12.4 Å². The molecule has 0 heterocycles. The Kier molecular flexibility index (Phi) is 7.73. The zero-order chi connectivity index (χ0) is 14.8. The molecular weight excluding hydrogens is 254 g/mol. The van der Waals surface area contributed by atoms with E-state index in [1.165, 1.54) is 5.56 Å². The maximum absolute atomic E-state index is 10.7. The number of carboxylic acid groups (broad SMARTS) is 1. The van der Waals surface area contributed by atoms with E-state index in [2.05, 4.69) is 11.8 Å². The summed E-state index contributed by atoms with van der Waals surface area (Å²) in [5.41, 5.74) is 1.18. The van der Waals surface area contributed by atoms with E-state index in [1.807, 2.05) is 31.2 Å². The van der Waals surface area contributed by atoms with Gasteiger partial charge in [-0.3, -0.25) is 9.69 Å². The Hall–Kier alpha value is -1.55. The topological polar surface area (TPSA) is 49.8 Å². The lowest BCUT2D eigenvalue weighted by atomic mass is 10.2. The van der Waals surface area contributed by atoms with Crippen LogP contribution in [0.2, 0.25) is 0 Å². The van der Waals surface area contributed by atoms with Gasteiger partial charge in [0.2, 0.25) is 0 Å². The van der Waals surface area contributed by atoms with Crippen LogP contribution in [0.1, 0.15) is 31.7 Å². The van der Waals surface area contributed by atoms with Gasteiger partial charge in [-0.05, 0) is 37.6 Å². The molecule has 20 heavy (non-hydrogen) atoms. The summed E-state index contributed by atoms with van der Waals surface area (Å²) in [5, 5.41) is 8.76. The Morgan fingerprint density at radius 3 is 2.75 bits per heavy atom. The number of carbonyl (C=O) groups is 1. The van der Waals surface area contributed by atoms with E-state index in [0.717, 1.165) is 31.7 Å². The Balaban J connectivity index is 2.34. The fraction of sp³-hybridized carbons (Fsp3) is 0.562. The first-order chi connectivity index (χ1) is 9.61. The Morgan fingerprint density at radius 2 is 2.10 bits per heavy atom. The predicted molar refractivity (Wildman–Crippen MR) is 80.3 cm³/mol. The van der Waals surface area contributed by atoms with E-state index >= 15 is 0 Å². The summed E-state index contributed by atoms with van der Waals surface area (Å²) in [5.74, 6) is 0.129. The molecule has 0 amide bonds. The van der Waals surface area contributed by atoms with Crippen LogP contribution in [0.4, 0.5) is 0 Å². The molecule has 0 aromatic heterocycles. The normalized spacial score (nSPS) is 10.8. The van der Waals surface area contributed by atoms with Crippen LogP contribution in [0.5, 0.6) is 5.75 Å². The van der Waals surface area contributed by atoms with Crippen molar-refractivity contribution in [1.82, 2.24) is 4.90 Å². The van der Waals surface area contributed by atoms with Gasteiger partial charge in [0.25, 0.3) is 0 Å².